The molecule has 0 bridgehead atoms. The highest BCUT2D eigenvalue weighted by Gasteiger charge is 2.23. The minimum atomic E-state index is -0.250. The third-order valence-electron chi connectivity index (χ3n) is 3.41. The van der Waals surface area contributed by atoms with Crippen LogP contribution in [0.15, 0.2) is 24.3 Å². The molecule has 1 aromatic heterocycles. The first-order chi connectivity index (χ1) is 9.58. The van der Waals surface area contributed by atoms with E-state index in [-0.39, 0.29) is 12.6 Å². The van der Waals surface area contributed by atoms with Crippen LogP contribution in [-0.2, 0) is 7.05 Å². The van der Waals surface area contributed by atoms with Gasteiger partial charge in [0, 0.05) is 12.7 Å². The summed E-state index contributed by atoms with van der Waals surface area (Å²) in [5.74, 6) is 0.669. The minimum Gasteiger partial charge on any atom is -0.481 e. The van der Waals surface area contributed by atoms with Gasteiger partial charge < -0.3 is 15.2 Å². The predicted molar refractivity (Wildman–Crippen MR) is 79.1 cm³/mol. The highest BCUT2D eigenvalue weighted by atomic mass is 16.5. The Bertz CT molecular complexity index is 593. The second-order valence-corrected chi connectivity index (χ2v) is 4.83. The number of aliphatic hydroxyl groups is 1. The Morgan fingerprint density at radius 2 is 2.05 bits per heavy atom. The maximum Gasteiger partial charge on any atom is 0.216 e. The zero-order valence-electron chi connectivity index (χ0n) is 12.3. The van der Waals surface area contributed by atoms with Crippen LogP contribution in [0.3, 0.4) is 0 Å². The van der Waals surface area contributed by atoms with Gasteiger partial charge >= 0.3 is 0 Å². The third kappa shape index (κ3) is 2.63. The summed E-state index contributed by atoms with van der Waals surface area (Å²) in [4.78, 5) is 0. The molecule has 5 heteroatoms. The van der Waals surface area contributed by atoms with Crippen molar-refractivity contribution in [3.63, 3.8) is 0 Å². The van der Waals surface area contributed by atoms with Gasteiger partial charge in [-0.05, 0) is 25.5 Å². The lowest BCUT2D eigenvalue weighted by Gasteiger charge is -2.20. The van der Waals surface area contributed by atoms with E-state index in [2.05, 4.69) is 10.4 Å². The molecule has 0 amide bonds. The van der Waals surface area contributed by atoms with Crippen molar-refractivity contribution in [2.75, 3.05) is 19.0 Å². The molecule has 1 aromatic carbocycles. The molecule has 1 heterocycles. The Morgan fingerprint density at radius 3 is 2.65 bits per heavy atom. The summed E-state index contributed by atoms with van der Waals surface area (Å²) < 4.78 is 7.08. The molecule has 0 aliphatic carbocycles. The van der Waals surface area contributed by atoms with E-state index in [1.54, 1.807) is 11.8 Å². The van der Waals surface area contributed by atoms with E-state index in [1.165, 1.54) is 0 Å². The summed E-state index contributed by atoms with van der Waals surface area (Å²) in [5, 5.41) is 17.4. The lowest BCUT2D eigenvalue weighted by Crippen LogP contribution is -2.17. The second-order valence-electron chi connectivity index (χ2n) is 4.83. The van der Waals surface area contributed by atoms with Crippen molar-refractivity contribution in [2.24, 2.45) is 7.05 Å². The molecular weight excluding hydrogens is 254 g/mol. The smallest absolute Gasteiger partial charge is 0.216 e. The number of hydrogen-bond donors (Lipinski definition) is 2. The zero-order chi connectivity index (χ0) is 14.7. The summed E-state index contributed by atoms with van der Waals surface area (Å²) >= 11 is 0. The third-order valence-corrected chi connectivity index (χ3v) is 3.41. The van der Waals surface area contributed by atoms with Gasteiger partial charge in [-0.15, -0.1) is 0 Å². The van der Waals surface area contributed by atoms with Crippen LogP contribution in [0.2, 0.25) is 0 Å². The van der Waals surface area contributed by atoms with Gasteiger partial charge in [-0.3, -0.25) is 0 Å². The van der Waals surface area contributed by atoms with Crippen LogP contribution < -0.4 is 10.1 Å². The number of rotatable bonds is 5. The summed E-state index contributed by atoms with van der Waals surface area (Å²) in [6, 6.07) is 7.74. The largest absolute Gasteiger partial charge is 0.481 e. The molecule has 2 N–H and O–H groups in total. The fraction of sp³-hybridized carbons (Fsp3) is 0.400. The lowest BCUT2D eigenvalue weighted by atomic mass is 10.1. The molecule has 0 spiro atoms. The summed E-state index contributed by atoms with van der Waals surface area (Å²) in [7, 11) is 3.44. The van der Waals surface area contributed by atoms with Crippen molar-refractivity contribution in [1.82, 2.24) is 9.78 Å². The van der Waals surface area contributed by atoms with E-state index in [0.29, 0.717) is 5.88 Å². The van der Waals surface area contributed by atoms with E-state index in [9.17, 15) is 5.11 Å². The highest BCUT2D eigenvalue weighted by Crippen LogP contribution is 2.31. The Morgan fingerprint density at radius 1 is 1.35 bits per heavy atom. The average Bonchev–Trinajstić information content (AvgIpc) is 2.72. The molecule has 0 fully saturated rings. The van der Waals surface area contributed by atoms with Crippen LogP contribution >= 0.6 is 0 Å². The monoisotopic (exact) mass is 275 g/mol. The summed E-state index contributed by atoms with van der Waals surface area (Å²) in [5.41, 5.74) is 3.87. The van der Waals surface area contributed by atoms with E-state index < -0.39 is 0 Å². The maximum absolute atomic E-state index is 9.73. The Labute approximate surface area is 119 Å². The number of nitrogens with one attached hydrogen (secondary N) is 1. The SMILES string of the molecule is COc1c(C(CO)Nc2ccccc2C)c(C)nn1C. The molecule has 5 nitrogen and oxygen atoms in total. The second kappa shape index (κ2) is 5.96. The van der Waals surface area contributed by atoms with Gasteiger partial charge in [0.15, 0.2) is 0 Å². The summed E-state index contributed by atoms with van der Waals surface area (Å²) in [6.45, 7) is 3.92. The van der Waals surface area contributed by atoms with Crippen LogP contribution in [0, 0.1) is 13.8 Å². The molecule has 0 saturated heterocycles. The summed E-state index contributed by atoms with van der Waals surface area (Å²) in [6.07, 6.45) is 0. The molecule has 1 atom stereocenters. The fourth-order valence-electron chi connectivity index (χ4n) is 2.43. The first-order valence-corrected chi connectivity index (χ1v) is 6.59. The molecular formula is C15H21N3O2. The first-order valence-electron chi connectivity index (χ1n) is 6.59. The molecule has 2 aromatic rings. The van der Waals surface area contributed by atoms with Crippen molar-refractivity contribution in [2.45, 2.75) is 19.9 Å². The Hall–Kier alpha value is -2.01. The molecule has 0 saturated carbocycles. The van der Waals surface area contributed by atoms with Crippen LogP contribution in [0.5, 0.6) is 5.88 Å². The van der Waals surface area contributed by atoms with Gasteiger partial charge in [-0.2, -0.15) is 5.10 Å². The van der Waals surface area contributed by atoms with Gasteiger partial charge in [0.1, 0.15) is 0 Å². The zero-order valence-corrected chi connectivity index (χ0v) is 12.3. The predicted octanol–water partition coefficient (Wildman–Crippen LogP) is 2.19. The van der Waals surface area contributed by atoms with Crippen LogP contribution in [0.4, 0.5) is 5.69 Å². The molecule has 0 radical (unpaired) electrons. The number of anilines is 1. The van der Waals surface area contributed by atoms with E-state index >= 15 is 0 Å². The van der Waals surface area contributed by atoms with Gasteiger partial charge in [-0.25, -0.2) is 4.68 Å². The fourth-order valence-corrected chi connectivity index (χ4v) is 2.43. The van der Waals surface area contributed by atoms with Crippen molar-refractivity contribution in [3.8, 4) is 5.88 Å². The van der Waals surface area contributed by atoms with Crippen molar-refractivity contribution >= 4 is 5.69 Å². The Kier molecular flexibility index (Phi) is 4.29. The number of para-hydroxylation sites is 1. The van der Waals surface area contributed by atoms with Crippen molar-refractivity contribution < 1.29 is 9.84 Å². The maximum atomic E-state index is 9.73. The van der Waals surface area contributed by atoms with Crippen LogP contribution in [0.1, 0.15) is 22.9 Å². The normalized spacial score (nSPS) is 12.2. The number of benzene rings is 1. The van der Waals surface area contributed by atoms with Gasteiger partial charge in [-0.1, -0.05) is 18.2 Å². The van der Waals surface area contributed by atoms with Crippen LogP contribution in [0.25, 0.3) is 0 Å². The molecule has 20 heavy (non-hydrogen) atoms. The highest BCUT2D eigenvalue weighted by molar-refractivity contribution is 5.53. The lowest BCUT2D eigenvalue weighted by molar-refractivity contribution is 0.271. The number of aryl methyl sites for hydroxylation is 3. The molecule has 0 aliphatic heterocycles. The topological polar surface area (TPSA) is 59.3 Å². The molecule has 108 valence electrons. The number of nitrogens with zero attached hydrogens (tertiary/aromatic N) is 2. The van der Waals surface area contributed by atoms with E-state index in [1.807, 2.05) is 45.2 Å². The minimum absolute atomic E-state index is 0.0305. The van der Waals surface area contributed by atoms with Gasteiger partial charge in [0.25, 0.3) is 0 Å². The number of ether oxygens (including phenoxy) is 1. The van der Waals surface area contributed by atoms with Gasteiger partial charge in [0.05, 0.1) is 31.0 Å². The molecule has 0 aliphatic rings. The van der Waals surface area contributed by atoms with E-state index in [0.717, 1.165) is 22.5 Å². The number of aliphatic hydroxyl groups excluding tert-OH is 1. The average molecular weight is 275 g/mol. The first kappa shape index (κ1) is 14.4. The molecule has 2 rings (SSSR count). The Balaban J connectivity index is 2.36. The number of methoxy groups -OCH3 is 1. The van der Waals surface area contributed by atoms with E-state index in [4.69, 9.17) is 4.74 Å². The quantitative estimate of drug-likeness (QED) is 0.878. The standard InChI is InChI=1S/C15H21N3O2/c1-10-7-5-6-8-12(10)16-13(9-19)14-11(2)17-18(3)15(14)20-4/h5-8,13,16,19H,9H2,1-4H3. The molecule has 1 unspecified atom stereocenters. The van der Waals surface area contributed by atoms with Crippen molar-refractivity contribution in [3.05, 3.63) is 41.1 Å². The number of hydrogen-bond acceptors (Lipinski definition) is 4. The van der Waals surface area contributed by atoms with Gasteiger partial charge in [0.2, 0.25) is 5.88 Å². The number of aromatic nitrogens is 2. The van der Waals surface area contributed by atoms with Crippen molar-refractivity contribution in [1.29, 1.82) is 0 Å². The van der Waals surface area contributed by atoms with Crippen LogP contribution in [-0.4, -0.2) is 28.6 Å².